The molecule has 0 aliphatic heterocycles. The molecular weight excluding hydrogens is 372 g/mol. The van der Waals surface area contributed by atoms with E-state index in [1.54, 1.807) is 30.5 Å². The molecule has 3 rings (SSSR count). The molecule has 1 N–H and O–H groups in total. The van der Waals surface area contributed by atoms with Gasteiger partial charge in [0.2, 0.25) is 5.91 Å². The van der Waals surface area contributed by atoms with Crippen molar-refractivity contribution in [2.24, 2.45) is 5.92 Å². The second-order valence-electron chi connectivity index (χ2n) is 7.78. The van der Waals surface area contributed by atoms with Crippen molar-refractivity contribution in [3.8, 4) is 11.3 Å². The molecule has 1 atom stereocenters. The Morgan fingerprint density at radius 1 is 1.11 bits per heavy atom. The van der Waals surface area contributed by atoms with E-state index in [0.29, 0.717) is 12.3 Å². The standard InChI is InChI=1S/C22H28N2O3S/c1-16(18-6-4-3-5-7-18)24-22(25)14-17-8-13-21(23-15-17)19-9-11-20(12-10-19)28(2,26)27/h8-13,15-16,18H,3-7,14H2,1-2H3,(H,24,25)/t16-/m1/s1. The van der Waals surface area contributed by atoms with E-state index < -0.39 is 9.84 Å². The number of sulfone groups is 1. The van der Waals surface area contributed by atoms with Gasteiger partial charge < -0.3 is 5.32 Å². The number of rotatable bonds is 6. The lowest BCUT2D eigenvalue weighted by molar-refractivity contribution is -0.121. The zero-order valence-corrected chi connectivity index (χ0v) is 17.3. The van der Waals surface area contributed by atoms with Crippen LogP contribution in [0.5, 0.6) is 0 Å². The SMILES string of the molecule is C[C@@H](NC(=O)Cc1ccc(-c2ccc(S(C)(=O)=O)cc2)nc1)C1CCCCC1. The Balaban J connectivity index is 1.58. The third-order valence-electron chi connectivity index (χ3n) is 5.51. The third-order valence-corrected chi connectivity index (χ3v) is 6.64. The topological polar surface area (TPSA) is 76.1 Å². The van der Waals surface area contributed by atoms with E-state index >= 15 is 0 Å². The molecule has 150 valence electrons. The Morgan fingerprint density at radius 3 is 2.36 bits per heavy atom. The number of nitrogens with zero attached hydrogens (tertiary/aromatic N) is 1. The van der Waals surface area contributed by atoms with E-state index in [1.165, 1.54) is 38.4 Å². The van der Waals surface area contributed by atoms with Crippen LogP contribution >= 0.6 is 0 Å². The molecule has 0 radical (unpaired) electrons. The zero-order chi connectivity index (χ0) is 20.1. The monoisotopic (exact) mass is 400 g/mol. The van der Waals surface area contributed by atoms with Gasteiger partial charge in [0.05, 0.1) is 17.0 Å². The number of hydrogen-bond acceptors (Lipinski definition) is 4. The third kappa shape index (κ3) is 5.41. The maximum atomic E-state index is 12.4. The number of carbonyl (C=O) groups excluding carboxylic acids is 1. The fourth-order valence-corrected chi connectivity index (χ4v) is 4.45. The van der Waals surface area contributed by atoms with Gasteiger partial charge in [-0.15, -0.1) is 0 Å². The van der Waals surface area contributed by atoms with Gasteiger partial charge in [-0.3, -0.25) is 9.78 Å². The van der Waals surface area contributed by atoms with Crippen LogP contribution < -0.4 is 5.32 Å². The van der Waals surface area contributed by atoms with Crippen molar-refractivity contribution in [3.63, 3.8) is 0 Å². The van der Waals surface area contributed by atoms with Gasteiger partial charge in [0.15, 0.2) is 9.84 Å². The predicted octanol–water partition coefficient (Wildman–Crippen LogP) is 3.78. The molecule has 1 aromatic carbocycles. The van der Waals surface area contributed by atoms with Gasteiger partial charge in [0, 0.05) is 24.1 Å². The Kier molecular flexibility index (Phi) is 6.50. The molecular formula is C22H28N2O3S. The highest BCUT2D eigenvalue weighted by Gasteiger charge is 2.21. The van der Waals surface area contributed by atoms with Crippen LogP contribution in [0.4, 0.5) is 0 Å². The molecule has 0 bridgehead atoms. The lowest BCUT2D eigenvalue weighted by Gasteiger charge is -2.28. The smallest absolute Gasteiger partial charge is 0.224 e. The summed E-state index contributed by atoms with van der Waals surface area (Å²) in [6.45, 7) is 2.11. The summed E-state index contributed by atoms with van der Waals surface area (Å²) in [5.74, 6) is 0.623. The van der Waals surface area contributed by atoms with Crippen LogP contribution in [0.15, 0.2) is 47.5 Å². The van der Waals surface area contributed by atoms with Gasteiger partial charge in [-0.1, -0.05) is 37.5 Å². The molecule has 1 fully saturated rings. The molecule has 0 spiro atoms. The van der Waals surface area contributed by atoms with Crippen molar-refractivity contribution in [1.29, 1.82) is 0 Å². The summed E-state index contributed by atoms with van der Waals surface area (Å²) in [5, 5.41) is 3.14. The number of carbonyl (C=O) groups is 1. The summed E-state index contributed by atoms with van der Waals surface area (Å²) in [7, 11) is -3.21. The molecule has 1 aliphatic carbocycles. The fourth-order valence-electron chi connectivity index (χ4n) is 3.82. The van der Waals surface area contributed by atoms with Crippen molar-refractivity contribution < 1.29 is 13.2 Å². The normalized spacial score (nSPS) is 16.5. The van der Waals surface area contributed by atoms with E-state index in [1.807, 2.05) is 12.1 Å². The molecule has 1 heterocycles. The van der Waals surface area contributed by atoms with Gasteiger partial charge in [0.25, 0.3) is 0 Å². The Bertz CT molecular complexity index is 900. The first kappa shape index (κ1) is 20.5. The van der Waals surface area contributed by atoms with Crippen LogP contribution in [0.3, 0.4) is 0 Å². The minimum absolute atomic E-state index is 0.0325. The van der Waals surface area contributed by atoms with Crippen LogP contribution in [-0.2, 0) is 21.1 Å². The van der Waals surface area contributed by atoms with E-state index in [2.05, 4.69) is 17.2 Å². The van der Waals surface area contributed by atoms with Crippen LogP contribution in [-0.4, -0.2) is 31.6 Å². The number of benzene rings is 1. The molecule has 0 saturated heterocycles. The fraction of sp³-hybridized carbons (Fsp3) is 0.455. The molecule has 1 aliphatic rings. The van der Waals surface area contributed by atoms with E-state index in [-0.39, 0.29) is 16.8 Å². The van der Waals surface area contributed by atoms with Crippen LogP contribution in [0.2, 0.25) is 0 Å². The minimum Gasteiger partial charge on any atom is -0.353 e. The summed E-state index contributed by atoms with van der Waals surface area (Å²) in [6.07, 6.45) is 9.47. The molecule has 0 unspecified atom stereocenters. The van der Waals surface area contributed by atoms with Gasteiger partial charge in [-0.05, 0) is 49.4 Å². The summed E-state index contributed by atoms with van der Waals surface area (Å²) >= 11 is 0. The van der Waals surface area contributed by atoms with Crippen LogP contribution in [0, 0.1) is 5.92 Å². The second-order valence-corrected chi connectivity index (χ2v) is 9.80. The van der Waals surface area contributed by atoms with Gasteiger partial charge in [-0.2, -0.15) is 0 Å². The second kappa shape index (κ2) is 8.86. The summed E-state index contributed by atoms with van der Waals surface area (Å²) in [5.41, 5.74) is 2.46. The summed E-state index contributed by atoms with van der Waals surface area (Å²) in [4.78, 5) is 17.1. The highest BCUT2D eigenvalue weighted by Crippen LogP contribution is 2.26. The largest absolute Gasteiger partial charge is 0.353 e. The van der Waals surface area contributed by atoms with Crippen LogP contribution in [0.1, 0.15) is 44.6 Å². The Labute approximate surface area is 167 Å². The first-order chi connectivity index (χ1) is 13.3. The number of nitrogens with one attached hydrogen (secondary N) is 1. The van der Waals surface area contributed by atoms with E-state index in [4.69, 9.17) is 0 Å². The first-order valence-corrected chi connectivity index (χ1v) is 11.8. The van der Waals surface area contributed by atoms with E-state index in [0.717, 1.165) is 16.8 Å². The van der Waals surface area contributed by atoms with Gasteiger partial charge in [-0.25, -0.2) is 8.42 Å². The minimum atomic E-state index is -3.21. The maximum absolute atomic E-state index is 12.4. The summed E-state index contributed by atoms with van der Waals surface area (Å²) in [6, 6.07) is 10.6. The van der Waals surface area contributed by atoms with Crippen molar-refractivity contribution in [1.82, 2.24) is 10.3 Å². The first-order valence-electron chi connectivity index (χ1n) is 9.88. The number of amides is 1. The molecule has 5 nitrogen and oxygen atoms in total. The van der Waals surface area contributed by atoms with Gasteiger partial charge >= 0.3 is 0 Å². The number of hydrogen-bond donors (Lipinski definition) is 1. The molecule has 28 heavy (non-hydrogen) atoms. The average molecular weight is 401 g/mol. The summed E-state index contributed by atoms with van der Waals surface area (Å²) < 4.78 is 23.1. The van der Waals surface area contributed by atoms with Crippen molar-refractivity contribution in [2.45, 2.75) is 56.4 Å². The lowest BCUT2D eigenvalue weighted by Crippen LogP contribution is -2.39. The zero-order valence-electron chi connectivity index (χ0n) is 16.5. The van der Waals surface area contributed by atoms with Crippen molar-refractivity contribution in [3.05, 3.63) is 48.2 Å². The predicted molar refractivity (Wildman–Crippen MR) is 111 cm³/mol. The van der Waals surface area contributed by atoms with Gasteiger partial charge in [0.1, 0.15) is 0 Å². The molecule has 1 saturated carbocycles. The number of aromatic nitrogens is 1. The average Bonchev–Trinajstić information content (AvgIpc) is 2.68. The molecule has 1 amide bonds. The highest BCUT2D eigenvalue weighted by molar-refractivity contribution is 7.90. The lowest BCUT2D eigenvalue weighted by atomic mass is 9.84. The number of pyridine rings is 1. The highest BCUT2D eigenvalue weighted by atomic mass is 32.2. The van der Waals surface area contributed by atoms with E-state index in [9.17, 15) is 13.2 Å². The van der Waals surface area contributed by atoms with Crippen molar-refractivity contribution in [2.75, 3.05) is 6.26 Å². The molecule has 6 heteroatoms. The molecule has 1 aromatic heterocycles. The molecule has 2 aromatic rings. The Hall–Kier alpha value is -2.21. The quantitative estimate of drug-likeness (QED) is 0.801. The Morgan fingerprint density at radius 2 is 1.79 bits per heavy atom. The van der Waals surface area contributed by atoms with Crippen molar-refractivity contribution >= 4 is 15.7 Å². The maximum Gasteiger partial charge on any atom is 0.224 e. The van der Waals surface area contributed by atoms with Crippen LogP contribution in [0.25, 0.3) is 11.3 Å².